The maximum Gasteiger partial charge on any atom is 0.324 e. The lowest BCUT2D eigenvalue weighted by molar-refractivity contribution is -0.149. The van der Waals surface area contributed by atoms with E-state index in [-0.39, 0.29) is 10.8 Å². The third kappa shape index (κ3) is 5.87. The molecule has 7 nitrogen and oxygen atoms in total. The van der Waals surface area contributed by atoms with Crippen molar-refractivity contribution in [3.63, 3.8) is 0 Å². The minimum atomic E-state index is -3.88. The molecule has 2 atom stereocenters. The van der Waals surface area contributed by atoms with Gasteiger partial charge in [-0.25, -0.2) is 8.42 Å². The molecular formula is C22H26N2O5S2. The molecule has 0 radical (unpaired) electrons. The standard InChI is InChI=1S/C22H26N2O5S2/c1-15-8-10-18(11-9-15)31(27,28)23-17(3)22(26)29-14-21(25)24-13-12-16(2)30-20-7-5-4-6-19(20)24/h4-11,16-17,23H,12-14H2,1-3H3/t16?,17-/m0/s1. The summed E-state index contributed by atoms with van der Waals surface area (Å²) in [5, 5.41) is 0.359. The molecule has 0 spiro atoms. The van der Waals surface area contributed by atoms with E-state index in [1.54, 1.807) is 28.8 Å². The fourth-order valence-electron chi connectivity index (χ4n) is 3.15. The first kappa shape index (κ1) is 23.3. The predicted octanol–water partition coefficient (Wildman–Crippen LogP) is 3.12. The highest BCUT2D eigenvalue weighted by Gasteiger charge is 2.27. The molecule has 0 bridgehead atoms. The summed E-state index contributed by atoms with van der Waals surface area (Å²) in [6.45, 7) is 5.41. The van der Waals surface area contributed by atoms with Crippen LogP contribution < -0.4 is 9.62 Å². The number of hydrogen-bond acceptors (Lipinski definition) is 6. The number of benzene rings is 2. The molecule has 2 aromatic carbocycles. The lowest BCUT2D eigenvalue weighted by Crippen LogP contribution is -2.41. The second-order valence-electron chi connectivity index (χ2n) is 7.49. The number of amides is 1. The number of rotatable bonds is 6. The fraction of sp³-hybridized carbons (Fsp3) is 0.364. The number of hydrogen-bond donors (Lipinski definition) is 1. The smallest absolute Gasteiger partial charge is 0.324 e. The maximum atomic E-state index is 12.8. The zero-order valence-electron chi connectivity index (χ0n) is 17.7. The number of carbonyl (C=O) groups excluding carboxylic acids is 2. The van der Waals surface area contributed by atoms with E-state index in [9.17, 15) is 18.0 Å². The van der Waals surface area contributed by atoms with Gasteiger partial charge in [0, 0.05) is 16.7 Å². The summed E-state index contributed by atoms with van der Waals surface area (Å²) in [6, 6.07) is 12.8. The number of sulfonamides is 1. The first-order valence-corrected chi connectivity index (χ1v) is 12.4. The summed E-state index contributed by atoms with van der Waals surface area (Å²) in [5.74, 6) is -1.15. The van der Waals surface area contributed by atoms with Crippen LogP contribution in [0.15, 0.2) is 58.3 Å². The molecule has 0 fully saturated rings. The van der Waals surface area contributed by atoms with E-state index in [0.29, 0.717) is 11.8 Å². The lowest BCUT2D eigenvalue weighted by atomic mass is 10.2. The van der Waals surface area contributed by atoms with Crippen molar-refractivity contribution in [1.29, 1.82) is 0 Å². The lowest BCUT2D eigenvalue weighted by Gasteiger charge is -2.22. The number of aryl methyl sites for hydroxylation is 1. The van der Waals surface area contributed by atoms with Gasteiger partial charge in [-0.3, -0.25) is 9.59 Å². The third-order valence-electron chi connectivity index (χ3n) is 4.90. The zero-order valence-corrected chi connectivity index (χ0v) is 19.3. The molecular weight excluding hydrogens is 436 g/mol. The number of esters is 1. The summed E-state index contributed by atoms with van der Waals surface area (Å²) >= 11 is 1.71. The Hall–Kier alpha value is -2.36. The molecule has 2 aromatic rings. The number of fused-ring (bicyclic) bond motifs is 1. The molecule has 0 aromatic heterocycles. The van der Waals surface area contributed by atoms with E-state index in [1.165, 1.54) is 19.1 Å². The van der Waals surface area contributed by atoms with Gasteiger partial charge in [0.25, 0.3) is 5.91 Å². The summed E-state index contributed by atoms with van der Waals surface area (Å²) in [6.07, 6.45) is 0.811. The van der Waals surface area contributed by atoms with Crippen molar-refractivity contribution in [2.45, 2.75) is 48.3 Å². The van der Waals surface area contributed by atoms with Crippen molar-refractivity contribution >= 4 is 39.3 Å². The molecule has 166 valence electrons. The van der Waals surface area contributed by atoms with Crippen LogP contribution >= 0.6 is 11.8 Å². The van der Waals surface area contributed by atoms with Gasteiger partial charge in [-0.2, -0.15) is 4.72 Å². The molecule has 1 N–H and O–H groups in total. The Bertz CT molecular complexity index is 1050. The molecule has 1 aliphatic heterocycles. The van der Waals surface area contributed by atoms with Crippen LogP contribution in [0.2, 0.25) is 0 Å². The Morgan fingerprint density at radius 1 is 1.19 bits per heavy atom. The van der Waals surface area contributed by atoms with Crippen LogP contribution in [0.4, 0.5) is 5.69 Å². The van der Waals surface area contributed by atoms with Gasteiger partial charge >= 0.3 is 5.97 Å². The van der Waals surface area contributed by atoms with Gasteiger partial charge in [-0.05, 0) is 44.5 Å². The minimum absolute atomic E-state index is 0.0571. The summed E-state index contributed by atoms with van der Waals surface area (Å²) in [7, 11) is -3.88. The highest BCUT2D eigenvalue weighted by atomic mass is 32.2. The predicted molar refractivity (Wildman–Crippen MR) is 121 cm³/mol. The number of ether oxygens (including phenoxy) is 1. The monoisotopic (exact) mass is 462 g/mol. The van der Waals surface area contributed by atoms with Gasteiger partial charge in [0.1, 0.15) is 6.04 Å². The molecule has 0 aliphatic carbocycles. The molecule has 9 heteroatoms. The molecule has 3 rings (SSSR count). The summed E-state index contributed by atoms with van der Waals surface area (Å²) in [4.78, 5) is 27.8. The Kier molecular flexibility index (Phi) is 7.40. The van der Waals surface area contributed by atoms with Gasteiger partial charge in [-0.15, -0.1) is 11.8 Å². The van der Waals surface area contributed by atoms with Gasteiger partial charge in [0.2, 0.25) is 10.0 Å². The zero-order chi connectivity index (χ0) is 22.6. The second kappa shape index (κ2) is 9.84. The molecule has 1 amide bonds. The SMILES string of the molecule is Cc1ccc(S(=O)(=O)N[C@@H](C)C(=O)OCC(=O)N2CCC(C)Sc3ccccc32)cc1. The van der Waals surface area contributed by atoms with Crippen LogP contribution in [0, 0.1) is 6.92 Å². The Balaban J connectivity index is 1.61. The quantitative estimate of drug-likeness (QED) is 0.663. The first-order valence-electron chi connectivity index (χ1n) is 9.99. The van der Waals surface area contributed by atoms with E-state index in [0.717, 1.165) is 22.6 Å². The number of nitrogens with one attached hydrogen (secondary N) is 1. The Morgan fingerprint density at radius 2 is 1.87 bits per heavy atom. The Labute approximate surface area is 187 Å². The fourth-order valence-corrected chi connectivity index (χ4v) is 5.45. The van der Waals surface area contributed by atoms with Crippen molar-refractivity contribution in [1.82, 2.24) is 4.72 Å². The number of thioether (sulfide) groups is 1. The van der Waals surface area contributed by atoms with Crippen LogP contribution in [0.1, 0.15) is 25.8 Å². The van der Waals surface area contributed by atoms with Crippen LogP contribution in [-0.4, -0.2) is 44.7 Å². The largest absolute Gasteiger partial charge is 0.454 e. The number of nitrogens with zero attached hydrogens (tertiary/aromatic N) is 1. The van der Waals surface area contributed by atoms with Crippen LogP contribution in [-0.2, 0) is 24.3 Å². The molecule has 1 unspecified atom stereocenters. The van der Waals surface area contributed by atoms with Crippen molar-refractivity contribution < 1.29 is 22.7 Å². The van der Waals surface area contributed by atoms with Gasteiger partial charge in [-0.1, -0.05) is 36.8 Å². The molecule has 0 saturated heterocycles. The number of anilines is 1. The third-order valence-corrected chi connectivity index (χ3v) is 7.69. The van der Waals surface area contributed by atoms with Crippen molar-refractivity contribution in [3.8, 4) is 0 Å². The average Bonchev–Trinajstić information content (AvgIpc) is 2.89. The van der Waals surface area contributed by atoms with Gasteiger partial charge in [0.15, 0.2) is 6.61 Å². The van der Waals surface area contributed by atoms with Gasteiger partial charge < -0.3 is 9.64 Å². The van der Waals surface area contributed by atoms with Crippen LogP contribution in [0.25, 0.3) is 0 Å². The topological polar surface area (TPSA) is 92.8 Å². The van der Waals surface area contributed by atoms with Crippen molar-refractivity contribution in [2.24, 2.45) is 0 Å². The number of para-hydroxylation sites is 1. The van der Waals surface area contributed by atoms with Crippen molar-refractivity contribution in [2.75, 3.05) is 18.1 Å². The highest BCUT2D eigenvalue weighted by Crippen LogP contribution is 2.37. The van der Waals surface area contributed by atoms with Gasteiger partial charge in [0.05, 0.1) is 10.6 Å². The van der Waals surface area contributed by atoms with E-state index in [4.69, 9.17) is 4.74 Å². The second-order valence-corrected chi connectivity index (χ2v) is 10.7. The van der Waals surface area contributed by atoms with E-state index in [1.807, 2.05) is 31.2 Å². The molecule has 1 aliphatic rings. The molecule has 1 heterocycles. The molecule has 0 saturated carbocycles. The van der Waals surface area contributed by atoms with E-state index >= 15 is 0 Å². The highest BCUT2D eigenvalue weighted by molar-refractivity contribution is 8.00. The summed E-state index contributed by atoms with van der Waals surface area (Å²) in [5.41, 5.74) is 1.72. The number of carbonyl (C=O) groups is 2. The van der Waals surface area contributed by atoms with E-state index in [2.05, 4.69) is 11.6 Å². The van der Waals surface area contributed by atoms with Crippen molar-refractivity contribution in [3.05, 3.63) is 54.1 Å². The average molecular weight is 463 g/mol. The molecule has 31 heavy (non-hydrogen) atoms. The first-order chi connectivity index (χ1) is 14.7. The minimum Gasteiger partial charge on any atom is -0.454 e. The Morgan fingerprint density at radius 3 is 2.58 bits per heavy atom. The summed E-state index contributed by atoms with van der Waals surface area (Å²) < 4.78 is 32.3. The maximum absolute atomic E-state index is 12.8. The normalized spacial score (nSPS) is 17.4. The van der Waals surface area contributed by atoms with E-state index < -0.39 is 28.6 Å². The van der Waals surface area contributed by atoms with Crippen LogP contribution in [0.5, 0.6) is 0 Å². The van der Waals surface area contributed by atoms with Crippen LogP contribution in [0.3, 0.4) is 0 Å².